The quantitative estimate of drug-likeness (QED) is 0.645. The SMILES string of the molecule is Cc1nc2c(C#N)cnn2c(C)c1CCC(=O)N[C@H](C)c1cccc(OC(C)C)c1. The molecule has 0 saturated heterocycles. The smallest absolute Gasteiger partial charge is 0.220 e. The summed E-state index contributed by atoms with van der Waals surface area (Å²) < 4.78 is 7.41. The number of aryl methyl sites for hydroxylation is 2. The number of nitriles is 1. The number of rotatable bonds is 7. The second-order valence-electron chi connectivity index (χ2n) is 7.69. The molecular weight excluding hydrogens is 378 g/mol. The van der Waals surface area contributed by atoms with Crippen LogP contribution in [0.2, 0.25) is 0 Å². The van der Waals surface area contributed by atoms with Crippen molar-refractivity contribution < 1.29 is 9.53 Å². The summed E-state index contributed by atoms with van der Waals surface area (Å²) in [5.41, 5.74) is 4.69. The summed E-state index contributed by atoms with van der Waals surface area (Å²) in [5.74, 6) is 0.764. The van der Waals surface area contributed by atoms with Crippen LogP contribution in [0.1, 0.15) is 61.3 Å². The summed E-state index contributed by atoms with van der Waals surface area (Å²) in [6, 6.07) is 9.77. The lowest BCUT2D eigenvalue weighted by molar-refractivity contribution is -0.121. The van der Waals surface area contributed by atoms with Gasteiger partial charge in [-0.1, -0.05) is 12.1 Å². The van der Waals surface area contributed by atoms with Crippen LogP contribution in [0.4, 0.5) is 0 Å². The predicted octanol–water partition coefficient (Wildman–Crippen LogP) is 3.82. The first-order valence-electron chi connectivity index (χ1n) is 10.1. The van der Waals surface area contributed by atoms with Gasteiger partial charge in [0, 0.05) is 17.8 Å². The molecule has 2 aromatic heterocycles. The average Bonchev–Trinajstić information content (AvgIpc) is 3.10. The number of carbonyl (C=O) groups excluding carboxylic acids is 1. The molecule has 0 aliphatic rings. The van der Waals surface area contributed by atoms with Gasteiger partial charge in [-0.15, -0.1) is 0 Å². The fourth-order valence-corrected chi connectivity index (χ4v) is 3.52. The molecule has 0 saturated carbocycles. The maximum absolute atomic E-state index is 12.6. The second-order valence-corrected chi connectivity index (χ2v) is 7.69. The van der Waals surface area contributed by atoms with E-state index in [9.17, 15) is 10.1 Å². The highest BCUT2D eigenvalue weighted by Gasteiger charge is 2.16. The number of nitrogens with one attached hydrogen (secondary N) is 1. The number of amides is 1. The number of nitrogens with zero attached hydrogens (tertiary/aromatic N) is 4. The van der Waals surface area contributed by atoms with Crippen molar-refractivity contribution in [1.29, 1.82) is 5.26 Å². The molecule has 7 nitrogen and oxygen atoms in total. The zero-order valence-electron chi connectivity index (χ0n) is 18.1. The predicted molar refractivity (Wildman–Crippen MR) is 114 cm³/mol. The van der Waals surface area contributed by atoms with E-state index in [0.717, 1.165) is 28.3 Å². The van der Waals surface area contributed by atoms with E-state index in [1.807, 2.05) is 58.9 Å². The molecule has 1 N–H and O–H groups in total. The number of ether oxygens (including phenoxy) is 1. The molecule has 0 spiro atoms. The zero-order valence-corrected chi connectivity index (χ0v) is 18.1. The molecule has 2 heterocycles. The molecule has 0 fully saturated rings. The molecule has 1 amide bonds. The van der Waals surface area contributed by atoms with E-state index in [2.05, 4.69) is 21.5 Å². The number of hydrogen-bond donors (Lipinski definition) is 1. The minimum Gasteiger partial charge on any atom is -0.491 e. The standard InChI is InChI=1S/C23H27N5O2/c1-14(2)30-20-8-6-7-18(11-20)15(3)26-22(29)10-9-21-16(4)27-23-19(12-24)13-25-28(23)17(21)5/h6-8,11,13-15H,9-10H2,1-5H3,(H,26,29)/t15-/m1/s1. The number of carbonyl (C=O) groups is 1. The van der Waals surface area contributed by atoms with E-state index < -0.39 is 0 Å². The molecule has 0 aliphatic heterocycles. The van der Waals surface area contributed by atoms with Crippen LogP contribution in [0.25, 0.3) is 5.65 Å². The van der Waals surface area contributed by atoms with Gasteiger partial charge in [-0.05, 0) is 64.3 Å². The first kappa shape index (κ1) is 21.3. The van der Waals surface area contributed by atoms with Crippen LogP contribution in [-0.2, 0) is 11.2 Å². The molecule has 7 heteroatoms. The fourth-order valence-electron chi connectivity index (χ4n) is 3.52. The van der Waals surface area contributed by atoms with Crippen molar-refractivity contribution in [3.8, 4) is 11.8 Å². The van der Waals surface area contributed by atoms with Crippen molar-refractivity contribution in [2.45, 2.75) is 59.6 Å². The van der Waals surface area contributed by atoms with Gasteiger partial charge in [0.1, 0.15) is 17.4 Å². The van der Waals surface area contributed by atoms with Gasteiger partial charge in [0.05, 0.1) is 18.3 Å². The average molecular weight is 406 g/mol. The largest absolute Gasteiger partial charge is 0.491 e. The maximum Gasteiger partial charge on any atom is 0.220 e. The first-order valence-corrected chi connectivity index (χ1v) is 10.1. The van der Waals surface area contributed by atoms with Gasteiger partial charge in [0.15, 0.2) is 5.65 Å². The summed E-state index contributed by atoms with van der Waals surface area (Å²) in [7, 11) is 0. The summed E-state index contributed by atoms with van der Waals surface area (Å²) in [5, 5.41) is 16.5. The molecule has 1 aromatic carbocycles. The number of aromatic nitrogens is 3. The topological polar surface area (TPSA) is 92.3 Å². The summed E-state index contributed by atoms with van der Waals surface area (Å²) in [6.45, 7) is 9.77. The van der Waals surface area contributed by atoms with Crippen molar-refractivity contribution in [2.75, 3.05) is 0 Å². The van der Waals surface area contributed by atoms with Crippen molar-refractivity contribution in [2.24, 2.45) is 0 Å². The Morgan fingerprint density at radius 1 is 1.30 bits per heavy atom. The Hall–Kier alpha value is -3.40. The lowest BCUT2D eigenvalue weighted by Gasteiger charge is -2.17. The van der Waals surface area contributed by atoms with Gasteiger partial charge in [-0.3, -0.25) is 4.79 Å². The van der Waals surface area contributed by atoms with E-state index >= 15 is 0 Å². The number of benzene rings is 1. The number of fused-ring (bicyclic) bond motifs is 1. The summed E-state index contributed by atoms with van der Waals surface area (Å²) in [6.07, 6.45) is 2.51. The Morgan fingerprint density at radius 3 is 2.77 bits per heavy atom. The van der Waals surface area contributed by atoms with Crippen molar-refractivity contribution in [3.63, 3.8) is 0 Å². The molecule has 0 unspecified atom stereocenters. The molecule has 0 bridgehead atoms. The van der Waals surface area contributed by atoms with Gasteiger partial charge in [0.25, 0.3) is 0 Å². The van der Waals surface area contributed by atoms with Gasteiger partial charge in [-0.25, -0.2) is 9.50 Å². The molecular formula is C23H27N5O2. The van der Waals surface area contributed by atoms with Crippen molar-refractivity contribution in [3.05, 3.63) is 58.5 Å². The van der Waals surface area contributed by atoms with Crippen molar-refractivity contribution in [1.82, 2.24) is 19.9 Å². The van der Waals surface area contributed by atoms with E-state index in [4.69, 9.17) is 4.74 Å². The van der Waals surface area contributed by atoms with Crippen molar-refractivity contribution >= 4 is 11.6 Å². The first-order chi connectivity index (χ1) is 14.3. The molecule has 156 valence electrons. The van der Waals surface area contributed by atoms with Gasteiger partial charge in [0.2, 0.25) is 5.91 Å². The Kier molecular flexibility index (Phi) is 6.36. The molecule has 3 rings (SSSR count). The second kappa shape index (κ2) is 8.95. The van der Waals surface area contributed by atoms with Crippen LogP contribution in [0.3, 0.4) is 0 Å². The molecule has 0 aliphatic carbocycles. The third kappa shape index (κ3) is 4.60. The van der Waals surface area contributed by atoms with Crippen LogP contribution >= 0.6 is 0 Å². The third-order valence-electron chi connectivity index (χ3n) is 5.04. The Morgan fingerprint density at radius 2 is 2.07 bits per heavy atom. The fraction of sp³-hybridized carbons (Fsp3) is 0.391. The normalized spacial score (nSPS) is 12.0. The molecule has 3 aromatic rings. The highest BCUT2D eigenvalue weighted by Crippen LogP contribution is 2.21. The Balaban J connectivity index is 1.67. The van der Waals surface area contributed by atoms with Crippen LogP contribution in [0, 0.1) is 25.2 Å². The van der Waals surface area contributed by atoms with Gasteiger partial charge in [-0.2, -0.15) is 10.4 Å². The lowest BCUT2D eigenvalue weighted by Crippen LogP contribution is -2.27. The van der Waals surface area contributed by atoms with Crippen LogP contribution < -0.4 is 10.1 Å². The molecule has 1 atom stereocenters. The van der Waals surface area contributed by atoms with E-state index in [-0.39, 0.29) is 18.1 Å². The summed E-state index contributed by atoms with van der Waals surface area (Å²) >= 11 is 0. The van der Waals surface area contributed by atoms with E-state index in [1.54, 1.807) is 4.52 Å². The van der Waals surface area contributed by atoms with Crippen LogP contribution in [-0.4, -0.2) is 26.6 Å². The highest BCUT2D eigenvalue weighted by atomic mass is 16.5. The van der Waals surface area contributed by atoms with E-state index in [0.29, 0.717) is 24.1 Å². The monoisotopic (exact) mass is 405 g/mol. The minimum absolute atomic E-state index is 0.0326. The maximum atomic E-state index is 12.6. The molecule has 30 heavy (non-hydrogen) atoms. The van der Waals surface area contributed by atoms with Crippen LogP contribution in [0.15, 0.2) is 30.5 Å². The zero-order chi connectivity index (χ0) is 21.8. The lowest BCUT2D eigenvalue weighted by atomic mass is 10.0. The highest BCUT2D eigenvalue weighted by molar-refractivity contribution is 5.76. The molecule has 0 radical (unpaired) electrons. The third-order valence-corrected chi connectivity index (χ3v) is 5.04. The summed E-state index contributed by atoms with van der Waals surface area (Å²) in [4.78, 5) is 17.1. The number of hydrogen-bond acceptors (Lipinski definition) is 5. The Bertz CT molecular complexity index is 1110. The van der Waals surface area contributed by atoms with E-state index in [1.165, 1.54) is 6.20 Å². The Labute approximate surface area is 176 Å². The minimum atomic E-state index is -0.125. The van der Waals surface area contributed by atoms with Crippen LogP contribution in [0.5, 0.6) is 5.75 Å². The van der Waals surface area contributed by atoms with Gasteiger partial charge < -0.3 is 10.1 Å². The van der Waals surface area contributed by atoms with Gasteiger partial charge >= 0.3 is 0 Å².